The van der Waals surface area contributed by atoms with Crippen molar-refractivity contribution in [1.82, 2.24) is 0 Å². The molecule has 18 heavy (non-hydrogen) atoms. The Bertz CT molecular complexity index is 438. The molecule has 0 aliphatic heterocycles. The van der Waals surface area contributed by atoms with Gasteiger partial charge in [-0.3, -0.25) is 0 Å². The van der Waals surface area contributed by atoms with Gasteiger partial charge in [0.15, 0.2) is 0 Å². The van der Waals surface area contributed by atoms with Crippen molar-refractivity contribution in [3.05, 3.63) is 23.8 Å². The monoisotopic (exact) mass is 253 g/mol. The Morgan fingerprint density at radius 1 is 1.39 bits per heavy atom. The maximum absolute atomic E-state index is 13.0. The Labute approximate surface area is 106 Å². The standard InChI is InChI=1S/C13H17F2N3/c1-9(2)18(7-3-6-16)12-5-4-10(17)8-11(12)13(14)15/h4-5,8-9,13H,3,7,17H2,1-2H3. The number of benzene rings is 1. The van der Waals surface area contributed by atoms with Crippen molar-refractivity contribution in [2.45, 2.75) is 32.7 Å². The largest absolute Gasteiger partial charge is 0.399 e. The SMILES string of the molecule is CC(C)N(CCC#N)c1ccc(N)cc1C(F)F. The minimum Gasteiger partial charge on any atom is -0.399 e. The van der Waals surface area contributed by atoms with Gasteiger partial charge in [-0.25, -0.2) is 8.78 Å². The molecule has 0 unspecified atom stereocenters. The Morgan fingerprint density at radius 3 is 2.56 bits per heavy atom. The van der Waals surface area contributed by atoms with E-state index in [0.717, 1.165) is 0 Å². The zero-order valence-electron chi connectivity index (χ0n) is 10.5. The topological polar surface area (TPSA) is 53.0 Å². The molecule has 0 saturated carbocycles. The predicted molar refractivity (Wildman–Crippen MR) is 68.5 cm³/mol. The van der Waals surface area contributed by atoms with E-state index in [-0.39, 0.29) is 11.6 Å². The minimum absolute atomic E-state index is 0.0412. The second-order valence-electron chi connectivity index (χ2n) is 4.31. The smallest absolute Gasteiger partial charge is 0.265 e. The summed E-state index contributed by atoms with van der Waals surface area (Å²) in [5.74, 6) is 0. The molecule has 0 aliphatic carbocycles. The van der Waals surface area contributed by atoms with Gasteiger partial charge in [0.2, 0.25) is 0 Å². The van der Waals surface area contributed by atoms with Crippen LogP contribution in [0.25, 0.3) is 0 Å². The summed E-state index contributed by atoms with van der Waals surface area (Å²) >= 11 is 0. The molecule has 0 amide bonds. The quantitative estimate of drug-likeness (QED) is 0.819. The summed E-state index contributed by atoms with van der Waals surface area (Å²) in [6, 6.07) is 6.56. The Balaban J connectivity index is 3.15. The van der Waals surface area contributed by atoms with Crippen LogP contribution in [0, 0.1) is 11.3 Å². The van der Waals surface area contributed by atoms with Crippen LogP contribution in [-0.4, -0.2) is 12.6 Å². The van der Waals surface area contributed by atoms with Crippen LogP contribution >= 0.6 is 0 Å². The molecular formula is C13H17F2N3. The van der Waals surface area contributed by atoms with Gasteiger partial charge in [0.05, 0.1) is 12.5 Å². The molecule has 0 aromatic heterocycles. The van der Waals surface area contributed by atoms with Crippen molar-refractivity contribution in [3.8, 4) is 6.07 Å². The van der Waals surface area contributed by atoms with E-state index in [4.69, 9.17) is 11.0 Å². The van der Waals surface area contributed by atoms with E-state index in [1.807, 2.05) is 19.9 Å². The zero-order valence-corrected chi connectivity index (χ0v) is 10.5. The van der Waals surface area contributed by atoms with Crippen molar-refractivity contribution < 1.29 is 8.78 Å². The summed E-state index contributed by atoms with van der Waals surface area (Å²) in [7, 11) is 0. The van der Waals surface area contributed by atoms with Gasteiger partial charge in [-0.1, -0.05) is 0 Å². The third kappa shape index (κ3) is 3.33. The molecule has 1 aromatic carbocycles. The number of nitriles is 1. The van der Waals surface area contributed by atoms with Gasteiger partial charge in [-0.05, 0) is 32.0 Å². The highest BCUT2D eigenvalue weighted by atomic mass is 19.3. The summed E-state index contributed by atoms with van der Waals surface area (Å²) in [5, 5.41) is 8.62. The van der Waals surface area contributed by atoms with E-state index in [2.05, 4.69) is 0 Å². The Hall–Kier alpha value is -1.83. The molecule has 1 rings (SSSR count). The van der Waals surface area contributed by atoms with Crippen LogP contribution in [0.15, 0.2) is 18.2 Å². The molecule has 0 spiro atoms. The van der Waals surface area contributed by atoms with Gasteiger partial charge in [-0.15, -0.1) is 0 Å². The summed E-state index contributed by atoms with van der Waals surface area (Å²) in [6.45, 7) is 4.24. The molecule has 0 atom stereocenters. The first-order valence-electron chi connectivity index (χ1n) is 5.78. The lowest BCUT2D eigenvalue weighted by molar-refractivity contribution is 0.152. The van der Waals surface area contributed by atoms with Crippen LogP contribution in [0.4, 0.5) is 20.2 Å². The molecule has 0 saturated heterocycles. The van der Waals surface area contributed by atoms with Gasteiger partial charge in [0.25, 0.3) is 6.43 Å². The highest BCUT2D eigenvalue weighted by molar-refractivity contribution is 5.60. The van der Waals surface area contributed by atoms with E-state index < -0.39 is 6.43 Å². The Kier molecular flexibility index (Phi) is 4.90. The van der Waals surface area contributed by atoms with Crippen LogP contribution in [0.3, 0.4) is 0 Å². The fourth-order valence-electron chi connectivity index (χ4n) is 1.84. The number of anilines is 2. The fourth-order valence-corrected chi connectivity index (χ4v) is 1.84. The molecule has 0 aliphatic rings. The lowest BCUT2D eigenvalue weighted by atomic mass is 10.1. The van der Waals surface area contributed by atoms with Crippen molar-refractivity contribution in [1.29, 1.82) is 5.26 Å². The van der Waals surface area contributed by atoms with Crippen LogP contribution in [0.1, 0.15) is 32.3 Å². The number of hydrogen-bond donors (Lipinski definition) is 1. The predicted octanol–water partition coefficient (Wildman–Crippen LogP) is 3.33. The van der Waals surface area contributed by atoms with Gasteiger partial charge in [0.1, 0.15) is 0 Å². The number of nitrogens with zero attached hydrogens (tertiary/aromatic N) is 2. The summed E-state index contributed by atoms with van der Waals surface area (Å²) in [4.78, 5) is 1.80. The Morgan fingerprint density at radius 2 is 2.06 bits per heavy atom. The van der Waals surface area contributed by atoms with Crippen LogP contribution in [0.5, 0.6) is 0 Å². The van der Waals surface area contributed by atoms with Crippen molar-refractivity contribution >= 4 is 11.4 Å². The summed E-state index contributed by atoms with van der Waals surface area (Å²) in [5.41, 5.74) is 6.22. The van der Waals surface area contributed by atoms with E-state index in [1.165, 1.54) is 6.07 Å². The number of hydrogen-bond acceptors (Lipinski definition) is 3. The van der Waals surface area contributed by atoms with Crippen LogP contribution in [0.2, 0.25) is 0 Å². The van der Waals surface area contributed by atoms with Gasteiger partial charge in [-0.2, -0.15) is 5.26 Å². The second-order valence-corrected chi connectivity index (χ2v) is 4.31. The van der Waals surface area contributed by atoms with Gasteiger partial charge >= 0.3 is 0 Å². The third-order valence-electron chi connectivity index (χ3n) is 2.68. The fraction of sp³-hybridized carbons (Fsp3) is 0.462. The van der Waals surface area contributed by atoms with Crippen molar-refractivity contribution in [3.63, 3.8) is 0 Å². The lowest BCUT2D eigenvalue weighted by Gasteiger charge is -2.30. The molecule has 0 heterocycles. The van der Waals surface area contributed by atoms with Crippen LogP contribution < -0.4 is 10.6 Å². The number of alkyl halides is 2. The van der Waals surface area contributed by atoms with Crippen LogP contribution in [-0.2, 0) is 0 Å². The molecular weight excluding hydrogens is 236 g/mol. The average molecular weight is 253 g/mol. The van der Waals surface area contributed by atoms with Crippen molar-refractivity contribution in [2.24, 2.45) is 0 Å². The van der Waals surface area contributed by atoms with E-state index >= 15 is 0 Å². The molecule has 0 radical (unpaired) electrons. The van der Waals surface area contributed by atoms with E-state index in [0.29, 0.717) is 24.3 Å². The van der Waals surface area contributed by atoms with E-state index in [9.17, 15) is 8.78 Å². The summed E-state index contributed by atoms with van der Waals surface area (Å²) in [6.07, 6.45) is -2.28. The first kappa shape index (κ1) is 14.2. The maximum Gasteiger partial charge on any atom is 0.265 e. The van der Waals surface area contributed by atoms with Gasteiger partial charge in [0, 0.05) is 29.5 Å². The first-order chi connectivity index (χ1) is 8.47. The highest BCUT2D eigenvalue weighted by Gasteiger charge is 2.19. The molecule has 0 fully saturated rings. The number of nitrogen functional groups attached to an aromatic ring is 1. The van der Waals surface area contributed by atoms with Crippen molar-refractivity contribution in [2.75, 3.05) is 17.2 Å². The first-order valence-corrected chi connectivity index (χ1v) is 5.78. The molecule has 0 bridgehead atoms. The minimum atomic E-state index is -2.58. The average Bonchev–Trinajstić information content (AvgIpc) is 2.30. The number of rotatable bonds is 5. The third-order valence-corrected chi connectivity index (χ3v) is 2.68. The molecule has 98 valence electrons. The maximum atomic E-state index is 13.0. The second kappa shape index (κ2) is 6.20. The zero-order chi connectivity index (χ0) is 13.7. The normalized spacial score (nSPS) is 10.7. The lowest BCUT2D eigenvalue weighted by Crippen LogP contribution is -2.32. The molecule has 3 nitrogen and oxygen atoms in total. The molecule has 1 aromatic rings. The number of nitrogens with two attached hydrogens (primary N) is 1. The number of halogens is 2. The van der Waals surface area contributed by atoms with E-state index in [1.54, 1.807) is 17.0 Å². The van der Waals surface area contributed by atoms with Gasteiger partial charge < -0.3 is 10.6 Å². The highest BCUT2D eigenvalue weighted by Crippen LogP contribution is 2.32. The summed E-state index contributed by atoms with van der Waals surface area (Å²) < 4.78 is 26.0. The molecule has 2 N–H and O–H groups in total. The molecule has 5 heteroatoms.